The summed E-state index contributed by atoms with van der Waals surface area (Å²) in [5.74, 6) is -0.274. The largest absolute Gasteiger partial charge is 0.361 e. The molecule has 1 aliphatic heterocycles. The molecule has 0 spiro atoms. The lowest BCUT2D eigenvalue weighted by atomic mass is 10.0. The number of carbonyl (C=O) groups excluding carboxylic acids is 3. The van der Waals surface area contributed by atoms with Crippen molar-refractivity contribution in [2.75, 3.05) is 10.6 Å². The first-order valence-corrected chi connectivity index (χ1v) is 10.5. The number of nitrogens with two attached hydrogens (primary N) is 1. The molecule has 6 N–H and O–H groups in total. The van der Waals surface area contributed by atoms with Crippen molar-refractivity contribution < 1.29 is 14.4 Å². The average molecular weight is 444 g/mol. The third-order valence-electron chi connectivity index (χ3n) is 5.48. The van der Waals surface area contributed by atoms with Gasteiger partial charge in [-0.1, -0.05) is 6.07 Å². The fraction of sp³-hybridized carbons (Fsp3) is 0.167. The Kier molecular flexibility index (Phi) is 6.21. The summed E-state index contributed by atoms with van der Waals surface area (Å²) < 4.78 is 0. The molecule has 4 amide bonds. The van der Waals surface area contributed by atoms with Crippen LogP contribution in [0.25, 0.3) is 11.6 Å². The van der Waals surface area contributed by atoms with Crippen LogP contribution in [-0.4, -0.2) is 27.8 Å². The Labute approximate surface area is 190 Å². The molecule has 3 heterocycles. The number of urea groups is 1. The summed E-state index contributed by atoms with van der Waals surface area (Å²) in [6, 6.07) is 8.16. The number of hydrogen-bond donors (Lipinski definition) is 5. The number of benzene rings is 1. The molecule has 9 heteroatoms. The first-order chi connectivity index (χ1) is 15.9. The molecule has 168 valence electrons. The minimum absolute atomic E-state index is 0.0436. The smallest absolute Gasteiger partial charge is 0.316 e. The summed E-state index contributed by atoms with van der Waals surface area (Å²) in [7, 11) is 0. The molecule has 0 fully saturated rings. The summed E-state index contributed by atoms with van der Waals surface area (Å²) in [5, 5.41) is 8.24. The van der Waals surface area contributed by atoms with E-state index in [1.807, 2.05) is 25.3 Å². The van der Waals surface area contributed by atoms with Crippen LogP contribution in [0.4, 0.5) is 16.2 Å². The number of primary amides is 1. The van der Waals surface area contributed by atoms with Gasteiger partial charge in [-0.3, -0.25) is 14.6 Å². The van der Waals surface area contributed by atoms with E-state index in [4.69, 9.17) is 5.73 Å². The predicted octanol–water partition coefficient (Wildman–Crippen LogP) is 2.95. The SMILES string of the molecule is Cc1c(CCC(=O)NCc2cccnc2)c[nH]c1C=C1C(=O)Nc2ccc(NC(N)=O)cc21. The number of aryl methyl sites for hydroxylation is 1. The maximum Gasteiger partial charge on any atom is 0.316 e. The van der Waals surface area contributed by atoms with Crippen LogP contribution < -0.4 is 21.7 Å². The van der Waals surface area contributed by atoms with E-state index in [-0.39, 0.29) is 11.8 Å². The molecule has 9 nitrogen and oxygen atoms in total. The number of nitrogens with one attached hydrogen (secondary N) is 4. The van der Waals surface area contributed by atoms with Gasteiger partial charge in [-0.2, -0.15) is 0 Å². The molecule has 0 aliphatic carbocycles. The molecule has 0 saturated heterocycles. The van der Waals surface area contributed by atoms with Crippen molar-refractivity contribution >= 4 is 40.9 Å². The Bertz CT molecular complexity index is 1250. The zero-order valence-corrected chi connectivity index (χ0v) is 18.1. The third kappa shape index (κ3) is 5.09. The minimum Gasteiger partial charge on any atom is -0.361 e. The van der Waals surface area contributed by atoms with E-state index >= 15 is 0 Å². The topological polar surface area (TPSA) is 142 Å². The number of aromatic amines is 1. The van der Waals surface area contributed by atoms with Gasteiger partial charge < -0.3 is 26.7 Å². The highest BCUT2D eigenvalue weighted by Crippen LogP contribution is 2.35. The molecule has 0 atom stereocenters. The molecule has 33 heavy (non-hydrogen) atoms. The number of anilines is 2. The molecular formula is C24H24N6O3. The molecule has 2 aromatic heterocycles. The van der Waals surface area contributed by atoms with Gasteiger partial charge in [0, 0.05) is 54.2 Å². The van der Waals surface area contributed by atoms with Crippen molar-refractivity contribution in [1.82, 2.24) is 15.3 Å². The highest BCUT2D eigenvalue weighted by atomic mass is 16.2. The summed E-state index contributed by atoms with van der Waals surface area (Å²) in [6.07, 6.45) is 7.96. The van der Waals surface area contributed by atoms with Crippen molar-refractivity contribution in [2.45, 2.75) is 26.3 Å². The summed E-state index contributed by atoms with van der Waals surface area (Å²) in [5.41, 5.74) is 11.2. The van der Waals surface area contributed by atoms with Gasteiger partial charge in [-0.15, -0.1) is 0 Å². The number of amides is 4. The Morgan fingerprint density at radius 3 is 2.85 bits per heavy atom. The zero-order chi connectivity index (χ0) is 23.4. The minimum atomic E-state index is -0.674. The number of fused-ring (bicyclic) bond motifs is 1. The van der Waals surface area contributed by atoms with Crippen LogP contribution in [-0.2, 0) is 22.6 Å². The normalized spacial score (nSPS) is 13.5. The van der Waals surface area contributed by atoms with Gasteiger partial charge >= 0.3 is 6.03 Å². The highest BCUT2D eigenvalue weighted by Gasteiger charge is 2.25. The van der Waals surface area contributed by atoms with Crippen LogP contribution in [0.5, 0.6) is 0 Å². The second-order valence-corrected chi connectivity index (χ2v) is 7.75. The van der Waals surface area contributed by atoms with Crippen LogP contribution in [0.15, 0.2) is 48.9 Å². The predicted molar refractivity (Wildman–Crippen MR) is 126 cm³/mol. The lowest BCUT2D eigenvalue weighted by Gasteiger charge is -2.05. The number of aromatic nitrogens is 2. The van der Waals surface area contributed by atoms with E-state index in [1.54, 1.807) is 36.7 Å². The number of carbonyl (C=O) groups is 3. The fourth-order valence-electron chi connectivity index (χ4n) is 3.70. The highest BCUT2D eigenvalue weighted by molar-refractivity contribution is 6.35. The fourth-order valence-corrected chi connectivity index (χ4v) is 3.70. The first kappa shape index (κ1) is 21.8. The monoisotopic (exact) mass is 444 g/mol. The molecule has 1 aliphatic rings. The number of nitrogens with zero attached hydrogens (tertiary/aromatic N) is 1. The van der Waals surface area contributed by atoms with Gasteiger partial charge in [0.15, 0.2) is 0 Å². The number of pyridine rings is 1. The Morgan fingerprint density at radius 1 is 1.24 bits per heavy atom. The standard InChI is InChI=1S/C24H24N6O3/c1-14-16(4-7-22(31)28-12-15-3-2-8-26-11-15)13-27-21(14)10-19-18-9-17(29-24(25)33)5-6-20(18)30-23(19)32/h2-3,5-6,8-11,13,27H,4,7,12H2,1H3,(H,28,31)(H,30,32)(H3,25,29,33). The van der Waals surface area contributed by atoms with Crippen molar-refractivity contribution in [3.05, 3.63) is 76.9 Å². The van der Waals surface area contributed by atoms with E-state index in [2.05, 4.69) is 25.9 Å². The van der Waals surface area contributed by atoms with E-state index in [0.29, 0.717) is 41.9 Å². The van der Waals surface area contributed by atoms with Crippen LogP contribution in [0, 0.1) is 6.92 Å². The molecule has 0 radical (unpaired) electrons. The van der Waals surface area contributed by atoms with Gasteiger partial charge in [0.25, 0.3) is 5.91 Å². The second-order valence-electron chi connectivity index (χ2n) is 7.75. The molecule has 0 bridgehead atoms. The van der Waals surface area contributed by atoms with Gasteiger partial charge in [0.1, 0.15) is 0 Å². The molecule has 3 aromatic rings. The lowest BCUT2D eigenvalue weighted by Crippen LogP contribution is -2.23. The van der Waals surface area contributed by atoms with Gasteiger partial charge in [0.05, 0.1) is 5.57 Å². The van der Waals surface area contributed by atoms with Crippen molar-refractivity contribution in [2.24, 2.45) is 5.73 Å². The Balaban J connectivity index is 1.44. The Hall–Kier alpha value is -4.40. The molecular weight excluding hydrogens is 420 g/mol. The van der Waals surface area contributed by atoms with E-state index in [9.17, 15) is 14.4 Å². The number of H-pyrrole nitrogens is 1. The maximum atomic E-state index is 12.5. The second kappa shape index (κ2) is 9.39. The molecule has 1 aromatic carbocycles. The van der Waals surface area contributed by atoms with Gasteiger partial charge in [0.2, 0.25) is 5.91 Å². The summed E-state index contributed by atoms with van der Waals surface area (Å²) in [4.78, 5) is 43.1. The van der Waals surface area contributed by atoms with Crippen molar-refractivity contribution in [1.29, 1.82) is 0 Å². The zero-order valence-electron chi connectivity index (χ0n) is 18.1. The number of hydrogen-bond acceptors (Lipinski definition) is 4. The third-order valence-corrected chi connectivity index (χ3v) is 5.48. The maximum absolute atomic E-state index is 12.5. The lowest BCUT2D eigenvalue weighted by molar-refractivity contribution is -0.121. The van der Waals surface area contributed by atoms with E-state index in [1.165, 1.54) is 0 Å². The molecule has 0 unspecified atom stereocenters. The number of rotatable bonds is 7. The van der Waals surface area contributed by atoms with E-state index < -0.39 is 6.03 Å². The van der Waals surface area contributed by atoms with Gasteiger partial charge in [-0.05, 0) is 60.4 Å². The van der Waals surface area contributed by atoms with Gasteiger partial charge in [-0.25, -0.2) is 4.79 Å². The van der Waals surface area contributed by atoms with Crippen molar-refractivity contribution in [3.8, 4) is 0 Å². The quantitative estimate of drug-likeness (QED) is 0.357. The Morgan fingerprint density at radius 2 is 2.09 bits per heavy atom. The van der Waals surface area contributed by atoms with Crippen LogP contribution in [0.2, 0.25) is 0 Å². The van der Waals surface area contributed by atoms with Crippen LogP contribution in [0.3, 0.4) is 0 Å². The molecule has 0 saturated carbocycles. The van der Waals surface area contributed by atoms with E-state index in [0.717, 1.165) is 22.4 Å². The summed E-state index contributed by atoms with van der Waals surface area (Å²) in [6.45, 7) is 2.39. The van der Waals surface area contributed by atoms with Crippen LogP contribution >= 0.6 is 0 Å². The van der Waals surface area contributed by atoms with Crippen LogP contribution in [0.1, 0.15) is 34.4 Å². The van der Waals surface area contributed by atoms with Crippen molar-refractivity contribution in [3.63, 3.8) is 0 Å². The average Bonchev–Trinajstić information content (AvgIpc) is 3.30. The first-order valence-electron chi connectivity index (χ1n) is 10.5. The molecule has 4 rings (SSSR count). The summed E-state index contributed by atoms with van der Waals surface area (Å²) >= 11 is 0.